The van der Waals surface area contributed by atoms with Crippen molar-refractivity contribution in [1.29, 1.82) is 10.5 Å². The molecule has 0 saturated heterocycles. The molecule has 0 amide bonds. The van der Waals surface area contributed by atoms with Crippen LogP contribution in [0.4, 0.5) is 0 Å². The molecule has 0 atom stereocenters. The topological polar surface area (TPSA) is 65.4 Å². The Bertz CT molecular complexity index is 1020. The molecule has 0 saturated carbocycles. The van der Waals surface area contributed by atoms with Gasteiger partial charge in [0, 0.05) is 29.7 Å². The van der Waals surface area contributed by atoms with Crippen LogP contribution in [0.5, 0.6) is 0 Å². The fourth-order valence-corrected chi connectivity index (χ4v) is 3.15. The Morgan fingerprint density at radius 2 is 1.88 bits per heavy atom. The Morgan fingerprint density at radius 3 is 2.52 bits per heavy atom. The van der Waals surface area contributed by atoms with E-state index in [-0.39, 0.29) is 0 Å². The number of hydrogen-bond donors (Lipinski definition) is 0. The molecule has 5 heteroatoms. The zero-order chi connectivity index (χ0) is 18.0. The minimum atomic E-state index is 0.455. The molecule has 1 aromatic carbocycles. The van der Waals surface area contributed by atoms with Crippen LogP contribution < -0.4 is 0 Å². The third-order valence-electron chi connectivity index (χ3n) is 4.30. The lowest BCUT2D eigenvalue weighted by Gasteiger charge is -2.10. The summed E-state index contributed by atoms with van der Waals surface area (Å²) in [7, 11) is 0. The SMILES string of the molecule is Cc1c(C#N)c(-c2cccc(C#N)c2)c(C)n1Cc1ccc(Cl)nc1. The number of hydrogen-bond acceptors (Lipinski definition) is 3. The van der Waals surface area contributed by atoms with Crippen molar-refractivity contribution >= 4 is 11.6 Å². The molecular weight excluding hydrogens is 332 g/mol. The van der Waals surface area contributed by atoms with E-state index in [2.05, 4.69) is 21.7 Å². The monoisotopic (exact) mass is 346 g/mol. The van der Waals surface area contributed by atoms with Gasteiger partial charge in [0.15, 0.2) is 0 Å². The summed E-state index contributed by atoms with van der Waals surface area (Å²) in [5, 5.41) is 19.3. The predicted octanol–water partition coefficient (Wildman–Crippen LogP) is 4.61. The van der Waals surface area contributed by atoms with Crippen molar-refractivity contribution in [2.24, 2.45) is 0 Å². The van der Waals surface area contributed by atoms with Gasteiger partial charge in [-0.3, -0.25) is 0 Å². The minimum absolute atomic E-state index is 0.455. The first kappa shape index (κ1) is 16.8. The Hall–Kier alpha value is -3.08. The van der Waals surface area contributed by atoms with Crippen LogP contribution in [0.15, 0.2) is 42.6 Å². The summed E-state index contributed by atoms with van der Waals surface area (Å²) in [6.07, 6.45) is 1.74. The van der Waals surface area contributed by atoms with Crippen LogP contribution in [0.2, 0.25) is 5.15 Å². The molecule has 0 spiro atoms. The van der Waals surface area contributed by atoms with E-state index in [1.807, 2.05) is 38.1 Å². The molecule has 2 aromatic heterocycles. The summed E-state index contributed by atoms with van der Waals surface area (Å²) in [6.45, 7) is 4.53. The van der Waals surface area contributed by atoms with Crippen molar-refractivity contribution in [2.75, 3.05) is 0 Å². The van der Waals surface area contributed by atoms with Crippen molar-refractivity contribution in [3.63, 3.8) is 0 Å². The Kier molecular flexibility index (Phi) is 4.57. The van der Waals surface area contributed by atoms with E-state index in [0.29, 0.717) is 22.8 Å². The van der Waals surface area contributed by atoms with Crippen LogP contribution >= 0.6 is 11.6 Å². The third-order valence-corrected chi connectivity index (χ3v) is 4.53. The van der Waals surface area contributed by atoms with E-state index in [4.69, 9.17) is 16.9 Å². The smallest absolute Gasteiger partial charge is 0.129 e. The van der Waals surface area contributed by atoms with Crippen molar-refractivity contribution in [3.05, 3.63) is 75.8 Å². The quantitative estimate of drug-likeness (QED) is 0.650. The maximum Gasteiger partial charge on any atom is 0.129 e. The van der Waals surface area contributed by atoms with Crippen LogP contribution in [-0.2, 0) is 6.54 Å². The van der Waals surface area contributed by atoms with Crippen LogP contribution in [0.25, 0.3) is 11.1 Å². The molecular formula is C20H15ClN4. The average Bonchev–Trinajstić information content (AvgIpc) is 2.87. The summed E-state index contributed by atoms with van der Waals surface area (Å²) in [5.41, 5.74) is 5.85. The first-order valence-corrected chi connectivity index (χ1v) is 8.13. The highest BCUT2D eigenvalue weighted by Crippen LogP contribution is 2.32. The van der Waals surface area contributed by atoms with Crippen LogP contribution in [0, 0.1) is 36.5 Å². The van der Waals surface area contributed by atoms with Crippen LogP contribution in [-0.4, -0.2) is 9.55 Å². The molecule has 0 aliphatic rings. The zero-order valence-electron chi connectivity index (χ0n) is 13.9. The molecule has 0 unspecified atom stereocenters. The second-order valence-corrected chi connectivity index (χ2v) is 6.19. The molecule has 2 heterocycles. The molecule has 4 nitrogen and oxygen atoms in total. The van der Waals surface area contributed by atoms with Crippen molar-refractivity contribution < 1.29 is 0 Å². The largest absolute Gasteiger partial charge is 0.343 e. The van der Waals surface area contributed by atoms with Crippen molar-refractivity contribution in [2.45, 2.75) is 20.4 Å². The lowest BCUT2D eigenvalue weighted by molar-refractivity contribution is 0.746. The molecule has 0 N–H and O–H groups in total. The molecule has 0 radical (unpaired) electrons. The molecule has 3 aromatic rings. The summed E-state index contributed by atoms with van der Waals surface area (Å²) >= 11 is 5.85. The van der Waals surface area contributed by atoms with Crippen LogP contribution in [0.1, 0.15) is 28.1 Å². The lowest BCUT2D eigenvalue weighted by Crippen LogP contribution is -2.04. The van der Waals surface area contributed by atoms with Gasteiger partial charge in [-0.15, -0.1) is 0 Å². The van der Waals surface area contributed by atoms with Crippen LogP contribution in [0.3, 0.4) is 0 Å². The molecule has 0 fully saturated rings. The Labute approximate surface area is 151 Å². The molecule has 3 rings (SSSR count). The van der Waals surface area contributed by atoms with Gasteiger partial charge in [0.1, 0.15) is 11.2 Å². The molecule has 0 aliphatic carbocycles. The number of halogens is 1. The fourth-order valence-electron chi connectivity index (χ4n) is 3.04. The van der Waals surface area contributed by atoms with E-state index in [1.165, 1.54) is 0 Å². The van der Waals surface area contributed by atoms with E-state index in [9.17, 15) is 5.26 Å². The lowest BCUT2D eigenvalue weighted by atomic mass is 9.99. The number of nitrogens with zero attached hydrogens (tertiary/aromatic N) is 4. The number of rotatable bonds is 3. The van der Waals surface area contributed by atoms with E-state index in [0.717, 1.165) is 28.1 Å². The summed E-state index contributed by atoms with van der Waals surface area (Å²) in [6, 6.07) is 15.5. The number of nitriles is 2. The van der Waals surface area contributed by atoms with E-state index < -0.39 is 0 Å². The summed E-state index contributed by atoms with van der Waals surface area (Å²) in [4.78, 5) is 4.12. The van der Waals surface area contributed by atoms with Gasteiger partial charge in [-0.25, -0.2) is 4.98 Å². The van der Waals surface area contributed by atoms with Gasteiger partial charge in [-0.2, -0.15) is 10.5 Å². The summed E-state index contributed by atoms with van der Waals surface area (Å²) in [5.74, 6) is 0. The highest BCUT2D eigenvalue weighted by molar-refractivity contribution is 6.29. The zero-order valence-corrected chi connectivity index (χ0v) is 14.7. The number of aromatic nitrogens is 2. The van der Waals surface area contributed by atoms with Gasteiger partial charge >= 0.3 is 0 Å². The maximum absolute atomic E-state index is 9.67. The van der Waals surface area contributed by atoms with Crippen molar-refractivity contribution in [3.8, 4) is 23.3 Å². The third kappa shape index (κ3) is 3.13. The second-order valence-electron chi connectivity index (χ2n) is 5.80. The number of pyridine rings is 1. The highest BCUT2D eigenvalue weighted by atomic mass is 35.5. The Morgan fingerprint density at radius 1 is 1.08 bits per heavy atom. The van der Waals surface area contributed by atoms with Gasteiger partial charge in [-0.1, -0.05) is 29.8 Å². The van der Waals surface area contributed by atoms with E-state index in [1.54, 1.807) is 18.3 Å². The second kappa shape index (κ2) is 6.81. The Balaban J connectivity index is 2.13. The van der Waals surface area contributed by atoms with Gasteiger partial charge in [0.05, 0.1) is 17.2 Å². The summed E-state index contributed by atoms with van der Waals surface area (Å²) < 4.78 is 2.10. The molecule has 0 aliphatic heterocycles. The van der Waals surface area contributed by atoms with Gasteiger partial charge in [0.25, 0.3) is 0 Å². The first-order valence-electron chi connectivity index (χ1n) is 7.76. The average molecular weight is 347 g/mol. The van der Waals surface area contributed by atoms with Gasteiger partial charge < -0.3 is 4.57 Å². The fraction of sp³-hybridized carbons (Fsp3) is 0.150. The highest BCUT2D eigenvalue weighted by Gasteiger charge is 2.19. The maximum atomic E-state index is 9.67. The minimum Gasteiger partial charge on any atom is -0.343 e. The van der Waals surface area contributed by atoms with Gasteiger partial charge in [-0.05, 0) is 43.2 Å². The first-order chi connectivity index (χ1) is 12.0. The van der Waals surface area contributed by atoms with Crippen molar-refractivity contribution in [1.82, 2.24) is 9.55 Å². The number of benzene rings is 1. The normalized spacial score (nSPS) is 10.3. The van der Waals surface area contributed by atoms with Gasteiger partial charge in [0.2, 0.25) is 0 Å². The predicted molar refractivity (Wildman–Crippen MR) is 97.1 cm³/mol. The molecule has 0 bridgehead atoms. The molecule has 122 valence electrons. The molecule has 25 heavy (non-hydrogen) atoms. The van der Waals surface area contributed by atoms with E-state index >= 15 is 0 Å². The standard InChI is InChI=1S/C20H15ClN4/c1-13-18(10-23)20(17-5-3-4-15(8-17)9-22)14(2)25(13)12-16-6-7-19(21)24-11-16/h3-8,11H,12H2,1-2H3.